The van der Waals surface area contributed by atoms with Crippen molar-refractivity contribution >= 4 is 22.8 Å². The minimum Gasteiger partial charge on any atom is -0.445 e. The summed E-state index contributed by atoms with van der Waals surface area (Å²) in [6, 6.07) is 17.7. The molecule has 1 aromatic heterocycles. The zero-order valence-corrected chi connectivity index (χ0v) is 18.4. The molecule has 2 aromatic carbocycles. The number of Topliss-reactive ketones (excluding diaryl/α,β-unsaturated/α-hetero) is 1. The second-order valence-electron chi connectivity index (χ2n) is 8.06. The van der Waals surface area contributed by atoms with E-state index in [2.05, 4.69) is 22.4 Å². The number of benzene rings is 2. The number of allylic oxidation sites excluding steroid dienone is 2. The van der Waals surface area contributed by atoms with Gasteiger partial charge in [-0.1, -0.05) is 60.2 Å². The first-order chi connectivity index (χ1) is 14.9. The van der Waals surface area contributed by atoms with Crippen molar-refractivity contribution in [1.29, 1.82) is 0 Å². The first kappa shape index (κ1) is 22.3. The number of ketones is 1. The quantitative estimate of drug-likeness (QED) is 0.440. The highest BCUT2D eigenvalue weighted by molar-refractivity contribution is 5.86. The molecule has 0 aliphatic heterocycles. The number of nitrogens with one attached hydrogen (secondary N) is 2. The van der Waals surface area contributed by atoms with Gasteiger partial charge in [0.2, 0.25) is 0 Å². The molecule has 0 fully saturated rings. The number of rotatable bonds is 9. The summed E-state index contributed by atoms with van der Waals surface area (Å²) in [5, 5.41) is 3.96. The fourth-order valence-corrected chi connectivity index (χ4v) is 3.83. The average Bonchev–Trinajstić information content (AvgIpc) is 3.11. The maximum atomic E-state index is 12.1. The summed E-state index contributed by atoms with van der Waals surface area (Å²) >= 11 is 0. The smallest absolute Gasteiger partial charge is 0.407 e. The molecule has 1 amide bonds. The van der Waals surface area contributed by atoms with Crippen LogP contribution in [0.2, 0.25) is 0 Å². The minimum absolute atomic E-state index is 0.0186. The Morgan fingerprint density at radius 3 is 2.45 bits per heavy atom. The number of para-hydroxylation sites is 1. The van der Waals surface area contributed by atoms with E-state index in [1.54, 1.807) is 6.92 Å². The predicted molar refractivity (Wildman–Crippen MR) is 124 cm³/mol. The van der Waals surface area contributed by atoms with Gasteiger partial charge in [-0.3, -0.25) is 4.79 Å². The molecule has 31 heavy (non-hydrogen) atoms. The molecule has 0 aliphatic carbocycles. The van der Waals surface area contributed by atoms with Gasteiger partial charge in [0.15, 0.2) is 0 Å². The summed E-state index contributed by atoms with van der Waals surface area (Å²) in [4.78, 5) is 27.6. The topological polar surface area (TPSA) is 71.2 Å². The van der Waals surface area contributed by atoms with E-state index >= 15 is 0 Å². The summed E-state index contributed by atoms with van der Waals surface area (Å²) < 4.78 is 5.31. The van der Waals surface area contributed by atoms with Crippen LogP contribution in [0.4, 0.5) is 4.79 Å². The lowest BCUT2D eigenvalue weighted by molar-refractivity contribution is -0.117. The molecule has 0 aliphatic rings. The lowest BCUT2D eigenvalue weighted by atomic mass is 9.92. The number of ether oxygens (including phenoxy) is 1. The van der Waals surface area contributed by atoms with Crippen LogP contribution in [0.1, 0.15) is 49.9 Å². The number of amides is 1. The van der Waals surface area contributed by atoms with Crippen molar-refractivity contribution in [2.24, 2.45) is 0 Å². The van der Waals surface area contributed by atoms with Crippen LogP contribution in [0.3, 0.4) is 0 Å². The molecule has 0 unspecified atom stereocenters. The number of hydrogen-bond acceptors (Lipinski definition) is 3. The number of carbonyl (C=O) groups is 2. The summed E-state index contributed by atoms with van der Waals surface area (Å²) in [7, 11) is 0. The highest BCUT2D eigenvalue weighted by Gasteiger charge is 2.20. The molecule has 0 bridgehead atoms. The van der Waals surface area contributed by atoms with Gasteiger partial charge in [0.05, 0.1) is 0 Å². The van der Waals surface area contributed by atoms with Crippen LogP contribution in [-0.4, -0.2) is 23.4 Å². The van der Waals surface area contributed by atoms with E-state index in [9.17, 15) is 9.59 Å². The first-order valence-electron chi connectivity index (χ1n) is 10.6. The zero-order valence-electron chi connectivity index (χ0n) is 18.4. The maximum absolute atomic E-state index is 12.1. The SMILES string of the molecule is CC(=O)C[C@H](C=C(C)C)c1[nH]c2ccccc2c1CCNC(=O)OCc1ccccc1. The van der Waals surface area contributed by atoms with Gasteiger partial charge in [-0.25, -0.2) is 4.79 Å². The van der Waals surface area contributed by atoms with Crippen molar-refractivity contribution in [3.8, 4) is 0 Å². The van der Waals surface area contributed by atoms with E-state index in [-0.39, 0.29) is 18.3 Å². The van der Waals surface area contributed by atoms with Crippen LogP contribution in [0.25, 0.3) is 10.9 Å². The number of fused-ring (bicyclic) bond motifs is 1. The maximum Gasteiger partial charge on any atom is 0.407 e. The number of hydrogen-bond donors (Lipinski definition) is 2. The Hall–Kier alpha value is -3.34. The van der Waals surface area contributed by atoms with E-state index in [1.165, 1.54) is 5.57 Å². The van der Waals surface area contributed by atoms with Crippen LogP contribution < -0.4 is 5.32 Å². The summed E-state index contributed by atoms with van der Waals surface area (Å²) in [6.07, 6.45) is 2.79. The molecule has 0 radical (unpaired) electrons. The number of carbonyl (C=O) groups excluding carboxylic acids is 2. The molecular weight excluding hydrogens is 388 g/mol. The number of aromatic amines is 1. The molecule has 3 rings (SSSR count). The van der Waals surface area contributed by atoms with Crippen LogP contribution in [0.15, 0.2) is 66.2 Å². The van der Waals surface area contributed by atoms with E-state index in [1.807, 2.05) is 62.4 Å². The molecule has 162 valence electrons. The van der Waals surface area contributed by atoms with Crippen LogP contribution in [-0.2, 0) is 22.6 Å². The van der Waals surface area contributed by atoms with E-state index < -0.39 is 6.09 Å². The third kappa shape index (κ3) is 6.32. The number of H-pyrrole nitrogens is 1. The van der Waals surface area contributed by atoms with Crippen molar-refractivity contribution in [1.82, 2.24) is 10.3 Å². The van der Waals surface area contributed by atoms with Crippen molar-refractivity contribution < 1.29 is 14.3 Å². The van der Waals surface area contributed by atoms with Gasteiger partial charge in [-0.15, -0.1) is 0 Å². The van der Waals surface area contributed by atoms with Gasteiger partial charge in [0, 0.05) is 35.5 Å². The molecule has 5 heteroatoms. The monoisotopic (exact) mass is 418 g/mol. The molecule has 1 heterocycles. The summed E-state index contributed by atoms with van der Waals surface area (Å²) in [5.74, 6) is 0.129. The second kappa shape index (κ2) is 10.6. The van der Waals surface area contributed by atoms with Gasteiger partial charge in [-0.2, -0.15) is 0 Å². The summed E-state index contributed by atoms with van der Waals surface area (Å²) in [5.41, 5.74) is 5.32. The molecule has 0 saturated carbocycles. The highest BCUT2D eigenvalue weighted by Crippen LogP contribution is 2.31. The van der Waals surface area contributed by atoms with Crippen molar-refractivity contribution in [3.05, 3.63) is 83.1 Å². The fraction of sp³-hybridized carbons (Fsp3) is 0.308. The minimum atomic E-state index is -0.435. The van der Waals surface area contributed by atoms with Gasteiger partial charge < -0.3 is 15.0 Å². The lowest BCUT2D eigenvalue weighted by Crippen LogP contribution is -2.26. The summed E-state index contributed by atoms with van der Waals surface area (Å²) in [6.45, 7) is 6.40. The fourth-order valence-electron chi connectivity index (χ4n) is 3.83. The lowest BCUT2D eigenvalue weighted by Gasteiger charge is -2.14. The Morgan fingerprint density at radius 2 is 1.74 bits per heavy atom. The largest absolute Gasteiger partial charge is 0.445 e. The van der Waals surface area contributed by atoms with Gasteiger partial charge in [0.25, 0.3) is 0 Å². The zero-order chi connectivity index (χ0) is 22.2. The van der Waals surface area contributed by atoms with Gasteiger partial charge in [-0.05, 0) is 44.4 Å². The first-order valence-corrected chi connectivity index (χ1v) is 10.6. The van der Waals surface area contributed by atoms with Crippen molar-refractivity contribution in [3.63, 3.8) is 0 Å². The Kier molecular flexibility index (Phi) is 7.65. The average molecular weight is 419 g/mol. The third-order valence-electron chi connectivity index (χ3n) is 5.12. The van der Waals surface area contributed by atoms with E-state index in [0.717, 1.165) is 27.7 Å². The molecular formula is C26H30N2O3. The van der Waals surface area contributed by atoms with E-state index in [0.29, 0.717) is 19.4 Å². The van der Waals surface area contributed by atoms with Gasteiger partial charge in [0.1, 0.15) is 12.4 Å². The van der Waals surface area contributed by atoms with Gasteiger partial charge >= 0.3 is 6.09 Å². The Balaban J connectivity index is 1.73. The molecule has 2 N–H and O–H groups in total. The molecule has 0 saturated heterocycles. The highest BCUT2D eigenvalue weighted by atomic mass is 16.5. The van der Waals surface area contributed by atoms with Crippen LogP contribution in [0, 0.1) is 0 Å². The van der Waals surface area contributed by atoms with E-state index in [4.69, 9.17) is 4.74 Å². The molecule has 0 spiro atoms. The van der Waals surface area contributed by atoms with Crippen LogP contribution >= 0.6 is 0 Å². The molecule has 5 nitrogen and oxygen atoms in total. The predicted octanol–water partition coefficient (Wildman–Crippen LogP) is 5.67. The Labute approximate surface area is 183 Å². The third-order valence-corrected chi connectivity index (χ3v) is 5.12. The molecule has 3 aromatic rings. The van der Waals surface area contributed by atoms with Crippen LogP contribution in [0.5, 0.6) is 0 Å². The van der Waals surface area contributed by atoms with Crippen molar-refractivity contribution in [2.45, 2.75) is 46.1 Å². The number of aromatic nitrogens is 1. The molecule has 1 atom stereocenters. The second-order valence-corrected chi connectivity index (χ2v) is 8.06. The standard InChI is InChI=1S/C26H30N2O3/c1-18(2)15-21(16-19(3)29)25-23(22-11-7-8-12-24(22)28-25)13-14-27-26(30)31-17-20-9-5-4-6-10-20/h4-12,15,21,28H,13-14,16-17H2,1-3H3,(H,27,30)/t21-/m0/s1. The normalized spacial score (nSPS) is 11.7. The number of alkyl carbamates (subject to hydrolysis) is 1. The Morgan fingerprint density at radius 1 is 1.03 bits per heavy atom. The Bertz CT molecular complexity index is 1060. The van der Waals surface area contributed by atoms with Crippen molar-refractivity contribution in [2.75, 3.05) is 6.54 Å².